The quantitative estimate of drug-likeness (QED) is 0.835. The number of nitrogens with one attached hydrogen (secondary N) is 2. The average molecular weight is 380 g/mol. The molecule has 2 fully saturated rings. The van der Waals surface area contributed by atoms with E-state index in [0.717, 1.165) is 25.1 Å². The van der Waals surface area contributed by atoms with Crippen LogP contribution in [0.25, 0.3) is 0 Å². The number of hydrogen-bond donors (Lipinski definition) is 2. The van der Waals surface area contributed by atoms with E-state index in [2.05, 4.69) is 27.8 Å². The smallest absolute Gasteiger partial charge is 0.320 e. The predicted molar refractivity (Wildman–Crippen MR) is 106 cm³/mol. The molecule has 2 aliphatic heterocycles. The highest BCUT2D eigenvalue weighted by atomic mass is 16.5. The van der Waals surface area contributed by atoms with Gasteiger partial charge in [0.25, 0.3) is 0 Å². The molecule has 0 saturated carbocycles. The van der Waals surface area contributed by atoms with E-state index < -0.39 is 0 Å². The number of hydrogen-bond acceptors (Lipinski definition) is 4. The first-order valence-corrected chi connectivity index (χ1v) is 9.67. The molecular weight excluding hydrogens is 356 g/mol. The summed E-state index contributed by atoms with van der Waals surface area (Å²) in [6, 6.07) is 13.3. The van der Waals surface area contributed by atoms with Gasteiger partial charge in [-0.25, -0.2) is 9.78 Å². The molecule has 2 aromatic rings. The SMILES string of the molecule is O=C(NC[C@@H]1CCCO1)Nc1cc(N2C[C@H](c3ccccc3)CC2=O)ccn1. The van der Waals surface area contributed by atoms with Crippen LogP contribution in [0.3, 0.4) is 0 Å². The molecule has 7 nitrogen and oxygen atoms in total. The third kappa shape index (κ3) is 4.31. The molecule has 0 bridgehead atoms. The summed E-state index contributed by atoms with van der Waals surface area (Å²) in [4.78, 5) is 30.6. The van der Waals surface area contributed by atoms with Crippen molar-refractivity contribution in [2.24, 2.45) is 0 Å². The number of nitrogens with zero attached hydrogens (tertiary/aromatic N) is 2. The molecule has 1 aromatic heterocycles. The van der Waals surface area contributed by atoms with Gasteiger partial charge in [-0.2, -0.15) is 0 Å². The van der Waals surface area contributed by atoms with Crippen LogP contribution >= 0.6 is 0 Å². The molecule has 1 aromatic carbocycles. The number of urea groups is 1. The lowest BCUT2D eigenvalue weighted by molar-refractivity contribution is -0.117. The van der Waals surface area contributed by atoms with Crippen LogP contribution in [0.1, 0.15) is 30.7 Å². The van der Waals surface area contributed by atoms with Gasteiger partial charge in [0.2, 0.25) is 5.91 Å². The molecule has 0 aliphatic carbocycles. The summed E-state index contributed by atoms with van der Waals surface area (Å²) in [5.74, 6) is 0.667. The number of aromatic nitrogens is 1. The predicted octanol–water partition coefficient (Wildman–Crippen LogP) is 2.90. The Morgan fingerprint density at radius 1 is 1.25 bits per heavy atom. The van der Waals surface area contributed by atoms with Gasteiger partial charge in [0.15, 0.2) is 0 Å². The fourth-order valence-electron chi connectivity index (χ4n) is 3.73. The van der Waals surface area contributed by atoms with Crippen LogP contribution in [0, 0.1) is 0 Å². The highest BCUT2D eigenvalue weighted by Gasteiger charge is 2.31. The van der Waals surface area contributed by atoms with Gasteiger partial charge in [-0.3, -0.25) is 10.1 Å². The number of anilines is 2. The van der Waals surface area contributed by atoms with Crippen LogP contribution in [0.5, 0.6) is 0 Å². The number of carbonyl (C=O) groups is 2. The van der Waals surface area contributed by atoms with E-state index in [1.807, 2.05) is 18.2 Å². The van der Waals surface area contributed by atoms with E-state index in [4.69, 9.17) is 4.74 Å². The van der Waals surface area contributed by atoms with Gasteiger partial charge < -0.3 is 15.0 Å². The monoisotopic (exact) mass is 380 g/mol. The van der Waals surface area contributed by atoms with E-state index in [1.54, 1.807) is 23.2 Å². The molecule has 2 N–H and O–H groups in total. The van der Waals surface area contributed by atoms with Crippen LogP contribution < -0.4 is 15.5 Å². The van der Waals surface area contributed by atoms with Crippen molar-refractivity contribution >= 4 is 23.4 Å². The van der Waals surface area contributed by atoms with Gasteiger partial charge >= 0.3 is 6.03 Å². The Hall–Kier alpha value is -2.93. The average Bonchev–Trinajstić information content (AvgIpc) is 3.37. The number of ether oxygens (including phenoxy) is 1. The Morgan fingerprint density at radius 2 is 2.11 bits per heavy atom. The molecule has 2 saturated heterocycles. The Morgan fingerprint density at radius 3 is 2.89 bits per heavy atom. The lowest BCUT2D eigenvalue weighted by Gasteiger charge is -2.18. The number of amides is 3. The fraction of sp³-hybridized carbons (Fsp3) is 0.381. The van der Waals surface area contributed by atoms with Gasteiger partial charge in [-0.1, -0.05) is 30.3 Å². The maximum atomic E-state index is 12.5. The third-order valence-electron chi connectivity index (χ3n) is 5.21. The van der Waals surface area contributed by atoms with Gasteiger partial charge in [-0.05, 0) is 24.5 Å². The minimum atomic E-state index is -0.324. The molecule has 0 unspecified atom stereocenters. The van der Waals surface area contributed by atoms with Crippen molar-refractivity contribution in [2.45, 2.75) is 31.3 Å². The van der Waals surface area contributed by atoms with E-state index in [1.165, 1.54) is 5.56 Å². The van der Waals surface area contributed by atoms with E-state index in [-0.39, 0.29) is 24.0 Å². The van der Waals surface area contributed by atoms with Crippen molar-refractivity contribution in [2.75, 3.05) is 29.9 Å². The summed E-state index contributed by atoms with van der Waals surface area (Å²) in [5.41, 5.74) is 1.91. The zero-order valence-electron chi connectivity index (χ0n) is 15.6. The van der Waals surface area contributed by atoms with Crippen molar-refractivity contribution in [3.8, 4) is 0 Å². The maximum absolute atomic E-state index is 12.5. The Kier molecular flexibility index (Phi) is 5.53. The first kappa shape index (κ1) is 18.4. The molecule has 146 valence electrons. The largest absolute Gasteiger partial charge is 0.376 e. The van der Waals surface area contributed by atoms with Crippen LogP contribution in [-0.2, 0) is 9.53 Å². The van der Waals surface area contributed by atoms with Crippen LogP contribution in [0.2, 0.25) is 0 Å². The number of carbonyl (C=O) groups excluding carboxylic acids is 2. The second-order valence-corrected chi connectivity index (χ2v) is 7.19. The van der Waals surface area contributed by atoms with Crippen LogP contribution in [-0.4, -0.2) is 42.7 Å². The molecule has 0 spiro atoms. The zero-order valence-corrected chi connectivity index (χ0v) is 15.6. The second-order valence-electron chi connectivity index (χ2n) is 7.19. The standard InChI is InChI=1S/C21H24N4O3/c26-20-11-16(15-5-2-1-3-6-15)14-25(20)17-8-9-22-19(12-17)24-21(27)23-13-18-7-4-10-28-18/h1-3,5-6,8-9,12,16,18H,4,7,10-11,13-14H2,(H2,22,23,24,27)/t16-,18+/m1/s1. The highest BCUT2D eigenvalue weighted by molar-refractivity contribution is 5.97. The van der Waals surface area contributed by atoms with Gasteiger partial charge in [-0.15, -0.1) is 0 Å². The third-order valence-corrected chi connectivity index (χ3v) is 5.21. The number of rotatable bonds is 5. The van der Waals surface area contributed by atoms with Crippen molar-refractivity contribution < 1.29 is 14.3 Å². The second kappa shape index (κ2) is 8.39. The topological polar surface area (TPSA) is 83.6 Å². The number of benzene rings is 1. The fourth-order valence-corrected chi connectivity index (χ4v) is 3.73. The lowest BCUT2D eigenvalue weighted by atomic mass is 9.99. The van der Waals surface area contributed by atoms with Crippen molar-refractivity contribution in [1.82, 2.24) is 10.3 Å². The Balaban J connectivity index is 1.38. The van der Waals surface area contributed by atoms with Crippen molar-refractivity contribution in [1.29, 1.82) is 0 Å². The first-order chi connectivity index (χ1) is 13.7. The molecule has 2 atom stereocenters. The summed E-state index contributed by atoms with van der Waals surface area (Å²) in [6.07, 6.45) is 4.17. The lowest BCUT2D eigenvalue weighted by Crippen LogP contribution is -2.35. The zero-order chi connectivity index (χ0) is 19.3. The van der Waals surface area contributed by atoms with Gasteiger partial charge in [0.05, 0.1) is 6.10 Å². The number of pyridine rings is 1. The molecule has 28 heavy (non-hydrogen) atoms. The minimum Gasteiger partial charge on any atom is -0.376 e. The Bertz CT molecular complexity index is 837. The summed E-state index contributed by atoms with van der Waals surface area (Å²) < 4.78 is 5.50. The van der Waals surface area contributed by atoms with E-state index in [0.29, 0.717) is 25.3 Å². The highest BCUT2D eigenvalue weighted by Crippen LogP contribution is 2.32. The van der Waals surface area contributed by atoms with Crippen molar-refractivity contribution in [3.63, 3.8) is 0 Å². The van der Waals surface area contributed by atoms with E-state index >= 15 is 0 Å². The molecule has 7 heteroatoms. The minimum absolute atomic E-state index is 0.0776. The molecule has 0 radical (unpaired) electrons. The maximum Gasteiger partial charge on any atom is 0.320 e. The summed E-state index contributed by atoms with van der Waals surface area (Å²) in [5, 5.41) is 5.54. The summed E-state index contributed by atoms with van der Waals surface area (Å²) in [6.45, 7) is 1.86. The summed E-state index contributed by atoms with van der Waals surface area (Å²) >= 11 is 0. The first-order valence-electron chi connectivity index (χ1n) is 9.67. The summed E-state index contributed by atoms with van der Waals surface area (Å²) in [7, 11) is 0. The molecule has 2 aliphatic rings. The Labute approximate surface area is 164 Å². The van der Waals surface area contributed by atoms with Gasteiger partial charge in [0, 0.05) is 50.0 Å². The molecular formula is C21H24N4O3. The van der Waals surface area contributed by atoms with E-state index in [9.17, 15) is 9.59 Å². The normalized spacial score (nSPS) is 21.7. The molecule has 3 heterocycles. The van der Waals surface area contributed by atoms with Crippen molar-refractivity contribution in [3.05, 3.63) is 54.2 Å². The van der Waals surface area contributed by atoms with Crippen LogP contribution in [0.4, 0.5) is 16.3 Å². The van der Waals surface area contributed by atoms with Gasteiger partial charge in [0.1, 0.15) is 5.82 Å². The molecule has 3 amide bonds. The van der Waals surface area contributed by atoms with Crippen LogP contribution in [0.15, 0.2) is 48.7 Å². The molecule has 4 rings (SSSR count).